The monoisotopic (exact) mass is 193 g/mol. The zero-order chi connectivity index (χ0) is 10.1. The molecule has 0 spiro atoms. The predicted molar refractivity (Wildman–Crippen MR) is 54.5 cm³/mol. The number of rotatable bonds is 0. The normalized spacial score (nSPS) is 16.1. The van der Waals surface area contributed by atoms with Crippen molar-refractivity contribution >= 4 is 0 Å². The Bertz CT molecular complexity index is 409. The van der Waals surface area contributed by atoms with E-state index < -0.39 is 0 Å². The molecular formula is C10H15N3O. The Morgan fingerprint density at radius 1 is 1.36 bits per heavy atom. The van der Waals surface area contributed by atoms with Gasteiger partial charge >= 0.3 is 0 Å². The molecule has 0 atom stereocenters. The number of aryl methyl sites for hydroxylation is 1. The summed E-state index contributed by atoms with van der Waals surface area (Å²) in [6, 6.07) is 0. The fourth-order valence-corrected chi connectivity index (χ4v) is 1.81. The average Bonchev–Trinajstić information content (AvgIpc) is 2.39. The molecule has 0 aliphatic carbocycles. The van der Waals surface area contributed by atoms with Crippen LogP contribution in [-0.4, -0.2) is 22.6 Å². The van der Waals surface area contributed by atoms with Crippen LogP contribution in [0.25, 0.3) is 0 Å². The molecule has 1 N–H and O–H groups in total. The third-order valence-electron chi connectivity index (χ3n) is 2.78. The van der Waals surface area contributed by atoms with Gasteiger partial charge in [0.05, 0.1) is 5.69 Å². The lowest BCUT2D eigenvalue weighted by molar-refractivity contribution is 0.708. The van der Waals surface area contributed by atoms with Crippen molar-refractivity contribution in [2.24, 2.45) is 7.05 Å². The Kier molecular flexibility index (Phi) is 2.37. The zero-order valence-electron chi connectivity index (χ0n) is 8.63. The number of nitrogens with one attached hydrogen (secondary N) is 1. The molecule has 2 heterocycles. The molecule has 0 saturated heterocycles. The van der Waals surface area contributed by atoms with Crippen molar-refractivity contribution in [3.63, 3.8) is 0 Å². The molecule has 0 amide bonds. The summed E-state index contributed by atoms with van der Waals surface area (Å²) in [5.74, 6) is 0.802. The van der Waals surface area contributed by atoms with Gasteiger partial charge in [0.25, 0.3) is 5.56 Å². The Morgan fingerprint density at radius 3 is 2.86 bits per heavy atom. The first-order valence-corrected chi connectivity index (χ1v) is 4.96. The van der Waals surface area contributed by atoms with Crippen LogP contribution in [0.1, 0.15) is 17.1 Å². The molecule has 4 heteroatoms. The molecule has 1 aliphatic rings. The molecule has 4 nitrogen and oxygen atoms in total. The third kappa shape index (κ3) is 1.46. The van der Waals surface area contributed by atoms with Crippen molar-refractivity contribution in [2.45, 2.75) is 19.8 Å². The van der Waals surface area contributed by atoms with Crippen LogP contribution in [-0.2, 0) is 19.9 Å². The van der Waals surface area contributed by atoms with Crippen LogP contribution in [0.3, 0.4) is 0 Å². The van der Waals surface area contributed by atoms with Gasteiger partial charge in [-0.05, 0) is 19.9 Å². The van der Waals surface area contributed by atoms with Crippen LogP contribution in [0.4, 0.5) is 0 Å². The van der Waals surface area contributed by atoms with E-state index in [0.717, 1.165) is 43.0 Å². The summed E-state index contributed by atoms with van der Waals surface area (Å²) in [6.07, 6.45) is 1.67. The number of fused-ring (bicyclic) bond motifs is 1. The van der Waals surface area contributed by atoms with E-state index in [9.17, 15) is 4.79 Å². The van der Waals surface area contributed by atoms with Crippen molar-refractivity contribution in [3.05, 3.63) is 27.4 Å². The Morgan fingerprint density at radius 2 is 2.07 bits per heavy atom. The van der Waals surface area contributed by atoms with Crippen molar-refractivity contribution < 1.29 is 0 Å². The molecular weight excluding hydrogens is 178 g/mol. The minimum atomic E-state index is 0.121. The molecule has 2 rings (SSSR count). The van der Waals surface area contributed by atoms with Crippen LogP contribution in [0.2, 0.25) is 0 Å². The summed E-state index contributed by atoms with van der Waals surface area (Å²) < 4.78 is 1.63. The second kappa shape index (κ2) is 3.53. The summed E-state index contributed by atoms with van der Waals surface area (Å²) in [7, 11) is 1.78. The van der Waals surface area contributed by atoms with Crippen molar-refractivity contribution in [2.75, 3.05) is 13.1 Å². The highest BCUT2D eigenvalue weighted by Gasteiger charge is 2.14. The first-order chi connectivity index (χ1) is 6.70. The Balaban J connectivity index is 2.61. The van der Waals surface area contributed by atoms with Gasteiger partial charge in [-0.3, -0.25) is 9.36 Å². The number of nitrogens with zero attached hydrogens (tertiary/aromatic N) is 2. The molecule has 0 unspecified atom stereocenters. The van der Waals surface area contributed by atoms with E-state index >= 15 is 0 Å². The molecule has 14 heavy (non-hydrogen) atoms. The highest BCUT2D eigenvalue weighted by Crippen LogP contribution is 2.06. The maximum atomic E-state index is 11.9. The molecule has 1 aromatic heterocycles. The van der Waals surface area contributed by atoms with E-state index in [-0.39, 0.29) is 5.56 Å². The molecule has 0 radical (unpaired) electrons. The Hall–Kier alpha value is -1.16. The summed E-state index contributed by atoms with van der Waals surface area (Å²) >= 11 is 0. The highest BCUT2D eigenvalue weighted by atomic mass is 16.1. The van der Waals surface area contributed by atoms with Gasteiger partial charge in [0.15, 0.2) is 0 Å². The summed E-state index contributed by atoms with van der Waals surface area (Å²) in [5.41, 5.74) is 2.00. The van der Waals surface area contributed by atoms with Gasteiger partial charge in [-0.2, -0.15) is 0 Å². The van der Waals surface area contributed by atoms with E-state index in [1.54, 1.807) is 11.6 Å². The zero-order valence-corrected chi connectivity index (χ0v) is 8.63. The van der Waals surface area contributed by atoms with E-state index in [4.69, 9.17) is 0 Å². The molecule has 1 aliphatic heterocycles. The lowest BCUT2D eigenvalue weighted by Gasteiger charge is -2.08. The first-order valence-electron chi connectivity index (χ1n) is 4.96. The number of aromatic nitrogens is 2. The lowest BCUT2D eigenvalue weighted by atomic mass is 10.1. The van der Waals surface area contributed by atoms with E-state index in [0.29, 0.717) is 0 Å². The van der Waals surface area contributed by atoms with Crippen LogP contribution in [0.5, 0.6) is 0 Å². The Labute approximate surface area is 83.0 Å². The van der Waals surface area contributed by atoms with Crippen LogP contribution in [0, 0.1) is 6.92 Å². The van der Waals surface area contributed by atoms with Crippen molar-refractivity contribution in [1.82, 2.24) is 14.9 Å². The maximum Gasteiger partial charge on any atom is 0.256 e. The third-order valence-corrected chi connectivity index (χ3v) is 2.78. The maximum absolute atomic E-state index is 11.9. The molecule has 76 valence electrons. The summed E-state index contributed by atoms with van der Waals surface area (Å²) in [5, 5.41) is 3.27. The summed E-state index contributed by atoms with van der Waals surface area (Å²) in [6.45, 7) is 3.68. The minimum Gasteiger partial charge on any atom is -0.316 e. The largest absolute Gasteiger partial charge is 0.316 e. The number of hydrogen-bond acceptors (Lipinski definition) is 3. The van der Waals surface area contributed by atoms with E-state index in [1.165, 1.54) is 0 Å². The van der Waals surface area contributed by atoms with Crippen LogP contribution in [0.15, 0.2) is 4.79 Å². The van der Waals surface area contributed by atoms with Gasteiger partial charge in [-0.25, -0.2) is 4.98 Å². The molecule has 0 saturated carbocycles. The van der Waals surface area contributed by atoms with Gasteiger partial charge in [0, 0.05) is 25.6 Å². The number of hydrogen-bond donors (Lipinski definition) is 1. The SMILES string of the molecule is Cc1nc2c(c(=O)n1C)CCNCC2. The van der Waals surface area contributed by atoms with Gasteiger partial charge in [-0.15, -0.1) is 0 Å². The van der Waals surface area contributed by atoms with Crippen molar-refractivity contribution in [1.29, 1.82) is 0 Å². The van der Waals surface area contributed by atoms with Gasteiger partial charge in [0.2, 0.25) is 0 Å². The van der Waals surface area contributed by atoms with Gasteiger partial charge in [-0.1, -0.05) is 0 Å². The fraction of sp³-hybridized carbons (Fsp3) is 0.600. The van der Waals surface area contributed by atoms with Crippen LogP contribution < -0.4 is 10.9 Å². The second-order valence-corrected chi connectivity index (χ2v) is 3.70. The van der Waals surface area contributed by atoms with Gasteiger partial charge in [0.1, 0.15) is 5.82 Å². The van der Waals surface area contributed by atoms with E-state index in [2.05, 4.69) is 10.3 Å². The molecule has 0 aromatic carbocycles. The highest BCUT2D eigenvalue weighted by molar-refractivity contribution is 5.20. The van der Waals surface area contributed by atoms with Gasteiger partial charge < -0.3 is 5.32 Å². The second-order valence-electron chi connectivity index (χ2n) is 3.70. The first kappa shape index (κ1) is 9.40. The minimum absolute atomic E-state index is 0.121. The van der Waals surface area contributed by atoms with Crippen LogP contribution >= 0.6 is 0 Å². The molecule has 0 bridgehead atoms. The molecule has 1 aromatic rings. The standard InChI is InChI=1S/C10H15N3O/c1-7-12-9-4-6-11-5-3-8(9)10(14)13(7)2/h11H,3-6H2,1-2H3. The smallest absolute Gasteiger partial charge is 0.256 e. The molecule has 0 fully saturated rings. The average molecular weight is 193 g/mol. The topological polar surface area (TPSA) is 46.9 Å². The van der Waals surface area contributed by atoms with Crippen molar-refractivity contribution in [3.8, 4) is 0 Å². The van der Waals surface area contributed by atoms with E-state index in [1.807, 2.05) is 6.92 Å². The fourth-order valence-electron chi connectivity index (χ4n) is 1.81. The summed E-state index contributed by atoms with van der Waals surface area (Å²) in [4.78, 5) is 16.3. The quantitative estimate of drug-likeness (QED) is 0.619. The lowest BCUT2D eigenvalue weighted by Crippen LogP contribution is -2.27. The predicted octanol–water partition coefficient (Wildman–Crippen LogP) is -0.223.